The van der Waals surface area contributed by atoms with Gasteiger partial charge >= 0.3 is 18.0 Å². The van der Waals surface area contributed by atoms with Crippen LogP contribution in [-0.2, 0) is 4.74 Å². The Labute approximate surface area is 83.4 Å². The molecular weight excluding hydrogens is 257 g/mol. The van der Waals surface area contributed by atoms with Crippen molar-refractivity contribution in [3.05, 3.63) is 10.8 Å². The molecule has 0 atom stereocenters. The predicted octanol–water partition coefficient (Wildman–Crippen LogP) is 3.30. The first-order valence-electron chi connectivity index (χ1n) is 3.36. The van der Waals surface area contributed by atoms with E-state index >= 15 is 0 Å². The zero-order valence-electron chi connectivity index (χ0n) is 6.64. The highest BCUT2D eigenvalue weighted by Gasteiger charge is 2.73. The van der Waals surface area contributed by atoms with Crippen LogP contribution in [0.5, 0.6) is 0 Å². The van der Waals surface area contributed by atoms with Crippen LogP contribution in [0.4, 0.5) is 30.7 Å². The van der Waals surface area contributed by atoms with Gasteiger partial charge in [-0.05, 0) is 0 Å². The Bertz CT molecular complexity index is 305. The predicted molar refractivity (Wildman–Crippen MR) is 34.8 cm³/mol. The fourth-order valence-corrected chi connectivity index (χ4v) is 1.10. The van der Waals surface area contributed by atoms with Crippen LogP contribution in [0.25, 0.3) is 0 Å². The molecule has 0 bridgehead atoms. The Morgan fingerprint density at radius 1 is 1.07 bits per heavy atom. The van der Waals surface area contributed by atoms with E-state index in [1.165, 1.54) is 0 Å². The van der Waals surface area contributed by atoms with Crippen molar-refractivity contribution in [2.45, 2.75) is 18.0 Å². The van der Waals surface area contributed by atoms with Crippen molar-refractivity contribution in [2.75, 3.05) is 6.61 Å². The lowest BCUT2D eigenvalue weighted by atomic mass is 9.97. The monoisotopic (exact) mass is 258 g/mol. The summed E-state index contributed by atoms with van der Waals surface area (Å²) in [5, 5.41) is -1.70. The average molecular weight is 259 g/mol. The number of rotatable bonds is 2. The first kappa shape index (κ1) is 12.4. The van der Waals surface area contributed by atoms with Gasteiger partial charge in [-0.15, -0.1) is 0 Å². The average Bonchev–Trinajstić information content (AvgIpc) is 2.01. The second-order valence-corrected chi connectivity index (χ2v) is 3.07. The molecule has 1 nitrogen and oxygen atoms in total. The van der Waals surface area contributed by atoms with Crippen molar-refractivity contribution in [1.29, 1.82) is 0 Å². The van der Waals surface area contributed by atoms with Gasteiger partial charge in [0.25, 0.3) is 0 Å². The molecule has 1 aliphatic rings. The molecule has 88 valence electrons. The molecule has 0 unspecified atom stereocenters. The number of allylic oxidation sites excluding steroid dienone is 2. The van der Waals surface area contributed by atoms with Crippen molar-refractivity contribution >= 4 is 11.6 Å². The zero-order chi connectivity index (χ0) is 12.1. The molecule has 0 amide bonds. The van der Waals surface area contributed by atoms with Crippen LogP contribution in [0.1, 0.15) is 0 Å². The highest BCUT2D eigenvalue weighted by molar-refractivity contribution is 6.32. The number of ether oxygens (including phenoxy) is 1. The first-order valence-corrected chi connectivity index (χ1v) is 3.74. The van der Waals surface area contributed by atoms with E-state index in [9.17, 15) is 30.7 Å². The molecule has 0 aromatic carbocycles. The molecule has 0 radical (unpaired) electrons. The van der Waals surface area contributed by atoms with Crippen molar-refractivity contribution < 1.29 is 35.5 Å². The number of hydrogen-bond donors (Lipinski definition) is 0. The van der Waals surface area contributed by atoms with E-state index in [1.54, 1.807) is 0 Å². The third-order valence-corrected chi connectivity index (χ3v) is 1.94. The Morgan fingerprint density at radius 3 is 1.87 bits per heavy atom. The third-order valence-electron chi connectivity index (χ3n) is 1.53. The van der Waals surface area contributed by atoms with Gasteiger partial charge in [-0.25, -0.2) is 0 Å². The molecule has 0 N–H and O–H groups in total. The lowest BCUT2D eigenvalue weighted by molar-refractivity contribution is -0.232. The van der Waals surface area contributed by atoms with Crippen molar-refractivity contribution in [1.82, 2.24) is 0 Å². The van der Waals surface area contributed by atoms with Gasteiger partial charge in [0.05, 0.1) is 0 Å². The van der Waals surface area contributed by atoms with E-state index in [1.807, 2.05) is 0 Å². The largest absolute Gasteiger partial charge is 0.480 e. The molecule has 0 aromatic rings. The standard InChI is InChI=1S/C6H2ClF7O/c7-2-3(15-1-4(8,9)10)6(13,14)5(2,11)12/h1H2. The van der Waals surface area contributed by atoms with Crippen molar-refractivity contribution in [3.8, 4) is 0 Å². The van der Waals surface area contributed by atoms with Crippen LogP contribution in [0.2, 0.25) is 0 Å². The van der Waals surface area contributed by atoms with Gasteiger partial charge in [0.1, 0.15) is 5.03 Å². The second kappa shape index (κ2) is 3.16. The van der Waals surface area contributed by atoms with E-state index in [0.29, 0.717) is 0 Å². The number of hydrogen-bond acceptors (Lipinski definition) is 1. The molecule has 15 heavy (non-hydrogen) atoms. The van der Waals surface area contributed by atoms with Gasteiger partial charge in [0.2, 0.25) is 0 Å². The smallest absolute Gasteiger partial charge is 0.422 e. The number of alkyl halides is 7. The summed E-state index contributed by atoms with van der Waals surface area (Å²) in [6.07, 6.45) is -4.90. The van der Waals surface area contributed by atoms with Gasteiger partial charge in [0.15, 0.2) is 12.4 Å². The summed E-state index contributed by atoms with van der Waals surface area (Å²) >= 11 is 4.68. The van der Waals surface area contributed by atoms with Crippen LogP contribution in [0, 0.1) is 0 Å². The minimum absolute atomic E-state index is 1.70. The Morgan fingerprint density at radius 2 is 1.53 bits per heavy atom. The summed E-state index contributed by atoms with van der Waals surface area (Å²) in [7, 11) is 0. The lowest BCUT2D eigenvalue weighted by Crippen LogP contribution is -2.53. The highest BCUT2D eigenvalue weighted by Crippen LogP contribution is 2.57. The molecule has 0 saturated carbocycles. The van der Waals surface area contributed by atoms with Crippen molar-refractivity contribution in [2.24, 2.45) is 0 Å². The van der Waals surface area contributed by atoms with Crippen LogP contribution in [-0.4, -0.2) is 24.6 Å². The summed E-state index contributed by atoms with van der Waals surface area (Å²) < 4.78 is 87.5. The fraction of sp³-hybridized carbons (Fsp3) is 0.667. The summed E-state index contributed by atoms with van der Waals surface area (Å²) in [6, 6.07) is 0. The zero-order valence-corrected chi connectivity index (χ0v) is 7.39. The van der Waals surface area contributed by atoms with E-state index in [4.69, 9.17) is 0 Å². The normalized spacial score (nSPS) is 23.7. The molecule has 0 saturated heterocycles. The Kier molecular flexibility index (Phi) is 2.62. The minimum Gasteiger partial charge on any atom is -0.480 e. The van der Waals surface area contributed by atoms with Crippen LogP contribution >= 0.6 is 11.6 Å². The van der Waals surface area contributed by atoms with E-state index < -0.39 is 35.4 Å². The van der Waals surface area contributed by atoms with Crippen LogP contribution in [0.3, 0.4) is 0 Å². The maximum atomic E-state index is 12.4. The molecule has 0 spiro atoms. The van der Waals surface area contributed by atoms with Gasteiger partial charge in [-0.2, -0.15) is 30.7 Å². The lowest BCUT2D eigenvalue weighted by Gasteiger charge is -2.37. The molecule has 1 rings (SSSR count). The van der Waals surface area contributed by atoms with Gasteiger partial charge in [-0.3, -0.25) is 0 Å². The topological polar surface area (TPSA) is 9.23 Å². The molecule has 0 aromatic heterocycles. The molecule has 0 heterocycles. The molecule has 0 fully saturated rings. The maximum absolute atomic E-state index is 12.4. The van der Waals surface area contributed by atoms with Crippen LogP contribution in [0.15, 0.2) is 10.8 Å². The van der Waals surface area contributed by atoms with E-state index in [2.05, 4.69) is 16.3 Å². The first-order chi connectivity index (χ1) is 6.50. The SMILES string of the molecule is FC(F)(F)COC1=C(Cl)C(F)(F)C1(F)F. The van der Waals surface area contributed by atoms with Gasteiger partial charge in [0, 0.05) is 0 Å². The Hall–Kier alpha value is -0.660. The van der Waals surface area contributed by atoms with Crippen molar-refractivity contribution in [3.63, 3.8) is 0 Å². The molecule has 0 aliphatic heterocycles. The van der Waals surface area contributed by atoms with Gasteiger partial charge < -0.3 is 4.74 Å². The third kappa shape index (κ3) is 1.86. The second-order valence-electron chi connectivity index (χ2n) is 2.70. The summed E-state index contributed by atoms with van der Waals surface area (Å²) in [5.74, 6) is -11.3. The summed E-state index contributed by atoms with van der Waals surface area (Å²) in [4.78, 5) is 0. The minimum atomic E-state index is -4.90. The van der Waals surface area contributed by atoms with E-state index in [0.717, 1.165) is 0 Å². The summed E-state index contributed by atoms with van der Waals surface area (Å²) in [5.41, 5.74) is 0. The quantitative estimate of drug-likeness (QED) is 0.691. The Balaban J connectivity index is 2.78. The van der Waals surface area contributed by atoms with Crippen LogP contribution < -0.4 is 0 Å². The molecule has 9 heteroatoms. The number of halogens is 8. The molecular formula is C6H2ClF7O. The summed E-state index contributed by atoms with van der Waals surface area (Å²) in [6.45, 7) is -2.09. The highest BCUT2D eigenvalue weighted by atomic mass is 35.5. The fourth-order valence-electron chi connectivity index (χ4n) is 0.806. The maximum Gasteiger partial charge on any atom is 0.422 e. The van der Waals surface area contributed by atoms with Gasteiger partial charge in [-0.1, -0.05) is 11.6 Å². The van der Waals surface area contributed by atoms with E-state index in [-0.39, 0.29) is 0 Å². The molecule has 1 aliphatic carbocycles.